The van der Waals surface area contributed by atoms with Crippen LogP contribution < -0.4 is 0 Å². The van der Waals surface area contributed by atoms with Crippen LogP contribution in [0.3, 0.4) is 0 Å². The van der Waals surface area contributed by atoms with Crippen LogP contribution >= 0.6 is 15.9 Å². The molecular weight excluding hydrogens is 286 g/mol. The van der Waals surface area contributed by atoms with E-state index in [2.05, 4.69) is 57.0 Å². The quantitative estimate of drug-likeness (QED) is 0.456. The summed E-state index contributed by atoms with van der Waals surface area (Å²) in [6.07, 6.45) is 10.3. The summed E-state index contributed by atoms with van der Waals surface area (Å²) in [4.78, 5) is 0. The Labute approximate surface area is 118 Å². The monoisotopic (exact) mass is 307 g/mol. The van der Waals surface area contributed by atoms with Crippen molar-refractivity contribution >= 4 is 26.8 Å². The Morgan fingerprint density at radius 1 is 0.833 bits per heavy atom. The van der Waals surface area contributed by atoms with Crippen LogP contribution in [0.1, 0.15) is 38.5 Å². The standard InChI is InChI=1S/C16H22BrN/c17-12-7-3-1-2-4-8-13-18-14-11-15-9-5-6-10-16(15)18/h5-6,9-11,14H,1-4,7-8,12-13H2. The number of unbranched alkanes of at least 4 members (excludes halogenated alkanes) is 5. The lowest BCUT2D eigenvalue weighted by atomic mass is 10.1. The van der Waals surface area contributed by atoms with Crippen molar-refractivity contribution in [3.05, 3.63) is 36.5 Å². The van der Waals surface area contributed by atoms with Crippen LogP contribution in [0, 0.1) is 0 Å². The van der Waals surface area contributed by atoms with Gasteiger partial charge in [-0.2, -0.15) is 0 Å². The summed E-state index contributed by atoms with van der Waals surface area (Å²) in [6.45, 7) is 1.16. The molecule has 0 radical (unpaired) electrons. The van der Waals surface area contributed by atoms with Crippen molar-refractivity contribution in [3.8, 4) is 0 Å². The van der Waals surface area contributed by atoms with Gasteiger partial charge in [-0.25, -0.2) is 0 Å². The van der Waals surface area contributed by atoms with Crippen molar-refractivity contribution in [1.29, 1.82) is 0 Å². The number of rotatable bonds is 8. The molecule has 0 saturated carbocycles. The highest BCUT2D eigenvalue weighted by atomic mass is 79.9. The molecule has 0 fully saturated rings. The minimum atomic E-state index is 1.16. The zero-order chi connectivity index (χ0) is 12.6. The first-order chi connectivity index (χ1) is 8.92. The van der Waals surface area contributed by atoms with Crippen molar-refractivity contribution < 1.29 is 0 Å². The third-order valence-electron chi connectivity index (χ3n) is 3.46. The van der Waals surface area contributed by atoms with Crippen molar-refractivity contribution in [2.45, 2.75) is 45.1 Å². The van der Waals surface area contributed by atoms with Gasteiger partial charge >= 0.3 is 0 Å². The second kappa shape index (κ2) is 7.63. The van der Waals surface area contributed by atoms with Gasteiger partial charge in [-0.1, -0.05) is 59.8 Å². The number of halogens is 1. The van der Waals surface area contributed by atoms with Crippen molar-refractivity contribution in [2.75, 3.05) is 5.33 Å². The van der Waals surface area contributed by atoms with Gasteiger partial charge in [0.25, 0.3) is 0 Å². The van der Waals surface area contributed by atoms with Gasteiger partial charge in [0.2, 0.25) is 0 Å². The largest absolute Gasteiger partial charge is 0.347 e. The van der Waals surface area contributed by atoms with Gasteiger partial charge in [0, 0.05) is 23.6 Å². The number of aryl methyl sites for hydroxylation is 1. The molecule has 1 heterocycles. The Morgan fingerprint density at radius 2 is 1.56 bits per heavy atom. The molecule has 0 unspecified atom stereocenters. The summed E-state index contributed by atoms with van der Waals surface area (Å²) in [6, 6.07) is 10.8. The molecule has 1 aromatic heterocycles. The van der Waals surface area contributed by atoms with E-state index in [0.717, 1.165) is 11.9 Å². The second-order valence-electron chi connectivity index (χ2n) is 4.88. The first kappa shape index (κ1) is 13.7. The first-order valence-corrected chi connectivity index (χ1v) is 8.14. The van der Waals surface area contributed by atoms with Crippen LogP contribution in [0.2, 0.25) is 0 Å². The average Bonchev–Trinajstić information content (AvgIpc) is 2.81. The lowest BCUT2D eigenvalue weighted by molar-refractivity contribution is 0.566. The van der Waals surface area contributed by atoms with E-state index < -0.39 is 0 Å². The van der Waals surface area contributed by atoms with Crippen LogP contribution in [-0.4, -0.2) is 9.90 Å². The van der Waals surface area contributed by atoms with Gasteiger partial charge in [0.15, 0.2) is 0 Å². The lowest BCUT2D eigenvalue weighted by Gasteiger charge is -2.05. The van der Waals surface area contributed by atoms with E-state index in [4.69, 9.17) is 0 Å². The van der Waals surface area contributed by atoms with E-state index in [0.29, 0.717) is 0 Å². The normalized spacial score (nSPS) is 11.2. The summed E-state index contributed by atoms with van der Waals surface area (Å²) in [5.74, 6) is 0. The molecule has 0 aliphatic heterocycles. The van der Waals surface area contributed by atoms with Crippen molar-refractivity contribution in [3.63, 3.8) is 0 Å². The highest BCUT2D eigenvalue weighted by Crippen LogP contribution is 2.16. The number of fused-ring (bicyclic) bond motifs is 1. The van der Waals surface area contributed by atoms with Gasteiger partial charge in [0.1, 0.15) is 0 Å². The van der Waals surface area contributed by atoms with Crippen LogP contribution in [0.25, 0.3) is 10.9 Å². The molecule has 0 saturated heterocycles. The smallest absolute Gasteiger partial charge is 0.0480 e. The summed E-state index contributed by atoms with van der Waals surface area (Å²) in [5, 5.41) is 2.51. The minimum Gasteiger partial charge on any atom is -0.347 e. The molecule has 18 heavy (non-hydrogen) atoms. The van der Waals surface area contributed by atoms with Crippen LogP contribution in [-0.2, 0) is 6.54 Å². The third kappa shape index (κ3) is 3.88. The molecule has 2 rings (SSSR count). The van der Waals surface area contributed by atoms with Crippen molar-refractivity contribution in [1.82, 2.24) is 4.57 Å². The van der Waals surface area contributed by atoms with Crippen LogP contribution in [0.15, 0.2) is 36.5 Å². The summed E-state index contributed by atoms with van der Waals surface area (Å²) in [5.41, 5.74) is 1.37. The molecule has 2 heteroatoms. The summed E-state index contributed by atoms with van der Waals surface area (Å²) in [7, 11) is 0. The Bertz CT molecular complexity index is 461. The average molecular weight is 308 g/mol. The maximum Gasteiger partial charge on any atom is 0.0480 e. The number of alkyl halides is 1. The van der Waals surface area contributed by atoms with E-state index in [1.807, 2.05) is 0 Å². The Balaban J connectivity index is 1.70. The molecule has 0 amide bonds. The van der Waals surface area contributed by atoms with E-state index in [9.17, 15) is 0 Å². The highest BCUT2D eigenvalue weighted by molar-refractivity contribution is 9.09. The van der Waals surface area contributed by atoms with E-state index in [-0.39, 0.29) is 0 Å². The summed E-state index contributed by atoms with van der Waals surface area (Å²) >= 11 is 3.48. The van der Waals surface area contributed by atoms with E-state index in [1.54, 1.807) is 0 Å². The molecular formula is C16H22BrN. The molecule has 0 aliphatic rings. The topological polar surface area (TPSA) is 4.93 Å². The van der Waals surface area contributed by atoms with E-state index in [1.165, 1.54) is 49.4 Å². The van der Waals surface area contributed by atoms with Crippen molar-refractivity contribution in [2.24, 2.45) is 0 Å². The molecule has 1 nitrogen and oxygen atoms in total. The maximum absolute atomic E-state index is 3.48. The number of hydrogen-bond acceptors (Lipinski definition) is 0. The minimum absolute atomic E-state index is 1.16. The van der Waals surface area contributed by atoms with Gasteiger partial charge < -0.3 is 4.57 Å². The Kier molecular flexibility index (Phi) is 5.79. The SMILES string of the molecule is BrCCCCCCCCn1ccc2ccccc21. The fourth-order valence-corrected chi connectivity index (χ4v) is 2.82. The second-order valence-corrected chi connectivity index (χ2v) is 5.67. The van der Waals surface area contributed by atoms with Gasteiger partial charge in [-0.3, -0.25) is 0 Å². The number of benzene rings is 1. The van der Waals surface area contributed by atoms with E-state index >= 15 is 0 Å². The number of aromatic nitrogens is 1. The van der Waals surface area contributed by atoms with Crippen LogP contribution in [0.4, 0.5) is 0 Å². The first-order valence-electron chi connectivity index (χ1n) is 7.01. The lowest BCUT2D eigenvalue weighted by Crippen LogP contribution is -1.95. The molecule has 0 bridgehead atoms. The number of para-hydroxylation sites is 1. The zero-order valence-corrected chi connectivity index (χ0v) is 12.5. The predicted octanol–water partition coefficient (Wildman–Crippen LogP) is 5.38. The fourth-order valence-electron chi connectivity index (χ4n) is 2.42. The molecule has 2 aromatic rings. The highest BCUT2D eigenvalue weighted by Gasteiger charge is 1.99. The molecule has 98 valence electrons. The number of hydrogen-bond donors (Lipinski definition) is 0. The third-order valence-corrected chi connectivity index (χ3v) is 4.02. The summed E-state index contributed by atoms with van der Waals surface area (Å²) < 4.78 is 2.38. The Morgan fingerprint density at radius 3 is 2.39 bits per heavy atom. The number of nitrogens with zero attached hydrogens (tertiary/aromatic N) is 1. The molecule has 1 aromatic carbocycles. The fraction of sp³-hybridized carbons (Fsp3) is 0.500. The molecule has 0 aliphatic carbocycles. The maximum atomic E-state index is 3.48. The Hall–Kier alpha value is -0.760. The molecule has 0 atom stereocenters. The van der Waals surface area contributed by atoms with Crippen LogP contribution in [0.5, 0.6) is 0 Å². The van der Waals surface area contributed by atoms with Gasteiger partial charge in [-0.05, 0) is 30.4 Å². The molecule has 0 N–H and O–H groups in total. The predicted molar refractivity (Wildman–Crippen MR) is 83.4 cm³/mol. The van der Waals surface area contributed by atoms with Gasteiger partial charge in [0.05, 0.1) is 0 Å². The molecule has 0 spiro atoms. The zero-order valence-electron chi connectivity index (χ0n) is 10.9. The van der Waals surface area contributed by atoms with Gasteiger partial charge in [-0.15, -0.1) is 0 Å².